The van der Waals surface area contributed by atoms with Crippen LogP contribution in [0.4, 0.5) is 0 Å². The molecule has 0 bridgehead atoms. The van der Waals surface area contributed by atoms with Crippen LogP contribution in [-0.2, 0) is 13.1 Å². The first kappa shape index (κ1) is 20.8. The lowest BCUT2D eigenvalue weighted by atomic mass is 10.2. The molecule has 0 fully saturated rings. The van der Waals surface area contributed by atoms with Gasteiger partial charge in [0, 0.05) is 5.02 Å². The van der Waals surface area contributed by atoms with Gasteiger partial charge in [-0.25, -0.2) is 9.67 Å². The number of hydrogen-bond acceptors (Lipinski definition) is 8. The van der Waals surface area contributed by atoms with Crippen molar-refractivity contribution in [2.45, 2.75) is 20.0 Å². The highest BCUT2D eigenvalue weighted by atomic mass is 35.5. The maximum Gasteiger partial charge on any atom is 0.283 e. The van der Waals surface area contributed by atoms with Crippen LogP contribution in [-0.4, -0.2) is 41.3 Å². The van der Waals surface area contributed by atoms with Crippen molar-refractivity contribution in [3.8, 4) is 17.1 Å². The summed E-state index contributed by atoms with van der Waals surface area (Å²) in [5.74, 6) is 1.29. The molecule has 0 aliphatic rings. The number of nitrogens with zero attached hydrogens (tertiary/aromatic N) is 7. The van der Waals surface area contributed by atoms with Crippen LogP contribution >= 0.6 is 11.6 Å². The van der Waals surface area contributed by atoms with E-state index >= 15 is 0 Å². The van der Waals surface area contributed by atoms with Crippen molar-refractivity contribution in [3.05, 3.63) is 81.7 Å². The number of rotatable bonds is 7. The zero-order valence-corrected chi connectivity index (χ0v) is 18.3. The van der Waals surface area contributed by atoms with E-state index in [-0.39, 0.29) is 23.5 Å². The van der Waals surface area contributed by atoms with Gasteiger partial charge in [0.1, 0.15) is 18.6 Å². The molecule has 0 saturated carbocycles. The summed E-state index contributed by atoms with van der Waals surface area (Å²) < 4.78 is 13.9. The van der Waals surface area contributed by atoms with Gasteiger partial charge in [-0.05, 0) is 36.8 Å². The van der Waals surface area contributed by atoms with Gasteiger partial charge in [0.2, 0.25) is 11.7 Å². The Hall–Kier alpha value is -4.05. The molecule has 0 N–H and O–H groups in total. The molecule has 33 heavy (non-hydrogen) atoms. The summed E-state index contributed by atoms with van der Waals surface area (Å²) in [6.45, 7) is 2.88. The monoisotopic (exact) mass is 463 g/mol. The van der Waals surface area contributed by atoms with E-state index < -0.39 is 0 Å². The van der Waals surface area contributed by atoms with Gasteiger partial charge >= 0.3 is 0 Å². The highest BCUT2D eigenvalue weighted by Crippen LogP contribution is 2.27. The quantitative estimate of drug-likeness (QED) is 0.361. The highest BCUT2D eigenvalue weighted by Gasteiger charge is 2.16. The molecule has 0 radical (unpaired) electrons. The first-order valence-corrected chi connectivity index (χ1v) is 10.6. The van der Waals surface area contributed by atoms with E-state index in [4.69, 9.17) is 20.9 Å². The molecule has 0 saturated heterocycles. The minimum Gasteiger partial charge on any atom is -0.493 e. The zero-order valence-electron chi connectivity index (χ0n) is 17.6. The van der Waals surface area contributed by atoms with Gasteiger partial charge in [-0.1, -0.05) is 46.2 Å². The van der Waals surface area contributed by atoms with Gasteiger partial charge in [0.15, 0.2) is 11.2 Å². The van der Waals surface area contributed by atoms with Gasteiger partial charge in [-0.2, -0.15) is 4.98 Å². The normalized spacial score (nSPS) is 11.2. The Morgan fingerprint density at radius 3 is 2.73 bits per heavy atom. The summed E-state index contributed by atoms with van der Waals surface area (Å²) in [4.78, 5) is 21.7. The maximum absolute atomic E-state index is 12.9. The third-order valence-electron chi connectivity index (χ3n) is 4.94. The molecule has 0 atom stereocenters. The lowest BCUT2D eigenvalue weighted by molar-refractivity contribution is 0.340. The highest BCUT2D eigenvalue weighted by molar-refractivity contribution is 6.30. The Morgan fingerprint density at radius 1 is 1.09 bits per heavy atom. The number of hydrogen-bond donors (Lipinski definition) is 0. The number of halogens is 1. The first-order valence-electron chi connectivity index (χ1n) is 10.2. The fraction of sp³-hybridized carbons (Fsp3) is 0.182. The molecular weight excluding hydrogens is 446 g/mol. The van der Waals surface area contributed by atoms with Crippen LogP contribution in [0.2, 0.25) is 5.02 Å². The van der Waals surface area contributed by atoms with Crippen LogP contribution in [0.5, 0.6) is 5.75 Å². The minimum atomic E-state index is -0.350. The van der Waals surface area contributed by atoms with Gasteiger partial charge < -0.3 is 9.26 Å². The molecule has 3 heterocycles. The van der Waals surface area contributed by atoms with Crippen molar-refractivity contribution in [2.24, 2.45) is 0 Å². The van der Waals surface area contributed by atoms with E-state index in [1.807, 2.05) is 43.3 Å². The second kappa shape index (κ2) is 8.83. The first-order chi connectivity index (χ1) is 16.1. The van der Waals surface area contributed by atoms with Crippen LogP contribution in [0.15, 0.2) is 64.2 Å². The van der Waals surface area contributed by atoms with Crippen molar-refractivity contribution in [3.63, 3.8) is 0 Å². The number of fused-ring (bicyclic) bond motifs is 1. The van der Waals surface area contributed by atoms with E-state index in [9.17, 15) is 4.79 Å². The number of benzene rings is 2. The smallest absolute Gasteiger partial charge is 0.283 e. The van der Waals surface area contributed by atoms with Crippen LogP contribution < -0.4 is 10.3 Å². The molecule has 5 aromatic rings. The summed E-state index contributed by atoms with van der Waals surface area (Å²) in [5, 5.41) is 12.8. The topological polar surface area (TPSA) is 114 Å². The predicted molar refractivity (Wildman–Crippen MR) is 120 cm³/mol. The molecule has 5 rings (SSSR count). The molecule has 0 aliphatic carbocycles. The van der Waals surface area contributed by atoms with Crippen molar-refractivity contribution in [2.75, 3.05) is 6.61 Å². The standard InChI is InChI=1S/C22H18ClN7O3/c1-2-32-17-6-4-3-5-16(17)20-25-18(33-27-20)12-29-13-24-21-19(22(29)31)26-28-30(21)11-14-7-9-15(23)10-8-14/h3-10,13H,2,11-12H2,1H3. The number of ether oxygens (including phenoxy) is 1. The van der Waals surface area contributed by atoms with Crippen molar-refractivity contribution < 1.29 is 9.26 Å². The fourth-order valence-electron chi connectivity index (χ4n) is 3.38. The summed E-state index contributed by atoms with van der Waals surface area (Å²) in [7, 11) is 0. The van der Waals surface area contributed by atoms with Crippen LogP contribution in [0.3, 0.4) is 0 Å². The van der Waals surface area contributed by atoms with E-state index in [1.54, 1.807) is 16.8 Å². The number of aromatic nitrogens is 7. The van der Waals surface area contributed by atoms with Gasteiger partial charge in [-0.15, -0.1) is 5.10 Å². The third kappa shape index (κ3) is 4.20. The van der Waals surface area contributed by atoms with Crippen molar-refractivity contribution >= 4 is 22.8 Å². The van der Waals surface area contributed by atoms with Crippen molar-refractivity contribution in [1.29, 1.82) is 0 Å². The minimum absolute atomic E-state index is 0.0512. The van der Waals surface area contributed by atoms with Gasteiger partial charge in [0.05, 0.1) is 18.7 Å². The molecule has 166 valence electrons. The summed E-state index contributed by atoms with van der Waals surface area (Å²) in [6.07, 6.45) is 1.42. The van der Waals surface area contributed by atoms with E-state index in [0.717, 1.165) is 5.56 Å². The lowest BCUT2D eigenvalue weighted by Gasteiger charge is -2.06. The zero-order chi connectivity index (χ0) is 22.8. The summed E-state index contributed by atoms with van der Waals surface area (Å²) >= 11 is 5.94. The lowest BCUT2D eigenvalue weighted by Crippen LogP contribution is -2.21. The Labute approximate surface area is 192 Å². The SMILES string of the molecule is CCOc1ccccc1-c1noc(Cn2cnc3c(nnn3Cc3ccc(Cl)cc3)c2=O)n1. The average Bonchev–Trinajstić information content (AvgIpc) is 3.45. The Kier molecular flexibility index (Phi) is 5.57. The average molecular weight is 464 g/mol. The van der Waals surface area contributed by atoms with E-state index in [0.29, 0.717) is 41.0 Å². The predicted octanol–water partition coefficient (Wildman–Crippen LogP) is 3.19. The molecule has 10 nitrogen and oxygen atoms in total. The molecule has 0 aliphatic heterocycles. The Bertz CT molecular complexity index is 1470. The fourth-order valence-corrected chi connectivity index (χ4v) is 3.50. The van der Waals surface area contributed by atoms with Crippen LogP contribution in [0.25, 0.3) is 22.6 Å². The Morgan fingerprint density at radius 2 is 1.91 bits per heavy atom. The molecule has 3 aromatic heterocycles. The van der Waals surface area contributed by atoms with E-state index in [1.165, 1.54) is 10.9 Å². The van der Waals surface area contributed by atoms with Gasteiger partial charge in [0.25, 0.3) is 5.56 Å². The second-order valence-electron chi connectivity index (χ2n) is 7.16. The maximum atomic E-state index is 12.9. The van der Waals surface area contributed by atoms with E-state index in [2.05, 4.69) is 25.4 Å². The van der Waals surface area contributed by atoms with Crippen LogP contribution in [0.1, 0.15) is 18.4 Å². The largest absolute Gasteiger partial charge is 0.493 e. The third-order valence-corrected chi connectivity index (χ3v) is 5.19. The summed E-state index contributed by atoms with van der Waals surface area (Å²) in [6, 6.07) is 14.8. The summed E-state index contributed by atoms with van der Waals surface area (Å²) in [5.41, 5.74) is 1.87. The number of para-hydroxylation sites is 1. The second-order valence-corrected chi connectivity index (χ2v) is 7.60. The van der Waals surface area contributed by atoms with Gasteiger partial charge in [-0.3, -0.25) is 9.36 Å². The van der Waals surface area contributed by atoms with Crippen LogP contribution in [0, 0.1) is 0 Å². The molecule has 11 heteroatoms. The molecule has 0 spiro atoms. The molecular formula is C22H18ClN7O3. The Balaban J connectivity index is 1.40. The molecule has 0 unspecified atom stereocenters. The van der Waals surface area contributed by atoms with Crippen molar-refractivity contribution in [1.82, 2.24) is 34.7 Å². The molecule has 0 amide bonds. The molecule has 2 aromatic carbocycles.